The van der Waals surface area contributed by atoms with Crippen molar-refractivity contribution in [1.29, 1.82) is 0 Å². The van der Waals surface area contributed by atoms with Crippen LogP contribution in [0.4, 0.5) is 0 Å². The molecule has 0 radical (unpaired) electrons. The SMILES string of the molecule is O=c1cc(CNI)o[nH]1. The highest BCUT2D eigenvalue weighted by molar-refractivity contribution is 14.1. The lowest BCUT2D eigenvalue weighted by molar-refractivity contribution is 0.378. The summed E-state index contributed by atoms with van der Waals surface area (Å²) in [5, 5.41) is 2.18. The van der Waals surface area contributed by atoms with Crippen molar-refractivity contribution in [3.05, 3.63) is 22.2 Å². The molecule has 0 saturated carbocycles. The summed E-state index contributed by atoms with van der Waals surface area (Å²) in [6.45, 7) is 0.569. The molecule has 0 saturated heterocycles. The molecule has 0 bridgehead atoms. The Hall–Kier alpha value is -0.300. The van der Waals surface area contributed by atoms with Crippen LogP contribution in [0.3, 0.4) is 0 Å². The number of nitrogens with one attached hydrogen (secondary N) is 2. The third kappa shape index (κ3) is 1.83. The van der Waals surface area contributed by atoms with Crippen LogP contribution in [0.15, 0.2) is 15.4 Å². The Balaban J connectivity index is 2.73. The fourth-order valence-corrected chi connectivity index (χ4v) is 0.850. The minimum atomic E-state index is -0.198. The molecule has 50 valence electrons. The molecule has 0 aliphatic rings. The van der Waals surface area contributed by atoms with Crippen molar-refractivity contribution >= 4 is 22.9 Å². The van der Waals surface area contributed by atoms with E-state index < -0.39 is 0 Å². The number of halogens is 1. The van der Waals surface area contributed by atoms with Gasteiger partial charge in [-0.15, -0.1) is 0 Å². The smallest absolute Gasteiger partial charge is 0.280 e. The lowest BCUT2D eigenvalue weighted by atomic mass is 10.5. The van der Waals surface area contributed by atoms with Gasteiger partial charge in [-0.1, -0.05) is 0 Å². The van der Waals surface area contributed by atoms with Gasteiger partial charge in [0.05, 0.1) is 6.54 Å². The summed E-state index contributed by atoms with van der Waals surface area (Å²) in [4.78, 5) is 10.4. The maximum absolute atomic E-state index is 10.4. The minimum Gasteiger partial charge on any atom is -0.382 e. The summed E-state index contributed by atoms with van der Waals surface area (Å²) < 4.78 is 7.51. The van der Waals surface area contributed by atoms with Crippen LogP contribution in [0.25, 0.3) is 0 Å². The Morgan fingerprint density at radius 3 is 3.11 bits per heavy atom. The maximum Gasteiger partial charge on any atom is 0.280 e. The van der Waals surface area contributed by atoms with Gasteiger partial charge in [0.1, 0.15) is 0 Å². The quantitative estimate of drug-likeness (QED) is 0.581. The molecule has 1 rings (SSSR count). The first-order chi connectivity index (χ1) is 4.33. The first kappa shape index (κ1) is 6.81. The van der Waals surface area contributed by atoms with E-state index in [9.17, 15) is 4.79 Å². The van der Waals surface area contributed by atoms with Crippen LogP contribution in [-0.2, 0) is 6.54 Å². The standard InChI is InChI=1S/C4H5IN2O2/c5-6-2-3-1-4(8)7-9-3/h1,6H,2H2,(H,7,8). The predicted octanol–water partition coefficient (Wildman–Crippen LogP) is 0.408. The van der Waals surface area contributed by atoms with Gasteiger partial charge in [-0.2, -0.15) is 5.16 Å². The molecule has 0 amide bonds. The molecule has 9 heavy (non-hydrogen) atoms. The van der Waals surface area contributed by atoms with E-state index in [4.69, 9.17) is 4.52 Å². The molecular weight excluding hydrogens is 235 g/mol. The number of aromatic amines is 1. The topological polar surface area (TPSA) is 58.0 Å². The van der Waals surface area contributed by atoms with Crippen LogP contribution >= 0.6 is 22.9 Å². The highest BCUT2D eigenvalue weighted by Gasteiger charge is 1.94. The molecule has 0 fully saturated rings. The van der Waals surface area contributed by atoms with Gasteiger partial charge in [0.2, 0.25) is 0 Å². The van der Waals surface area contributed by atoms with E-state index in [1.807, 2.05) is 22.9 Å². The second kappa shape index (κ2) is 3.02. The fourth-order valence-electron chi connectivity index (χ4n) is 0.474. The number of hydrogen-bond donors (Lipinski definition) is 2. The van der Waals surface area contributed by atoms with Gasteiger partial charge in [0, 0.05) is 28.9 Å². The van der Waals surface area contributed by atoms with Gasteiger partial charge >= 0.3 is 0 Å². The van der Waals surface area contributed by atoms with Crippen molar-refractivity contribution in [2.24, 2.45) is 0 Å². The Bertz CT molecular complexity index is 228. The fraction of sp³-hybridized carbons (Fsp3) is 0.250. The van der Waals surface area contributed by atoms with Crippen LogP contribution in [0.5, 0.6) is 0 Å². The normalized spacial score (nSPS) is 9.89. The Morgan fingerprint density at radius 2 is 2.67 bits per heavy atom. The zero-order valence-electron chi connectivity index (χ0n) is 4.48. The molecule has 1 heterocycles. The van der Waals surface area contributed by atoms with Gasteiger partial charge in [0.15, 0.2) is 5.76 Å². The lowest BCUT2D eigenvalue weighted by Crippen LogP contribution is -1.96. The summed E-state index contributed by atoms with van der Waals surface area (Å²) in [5.74, 6) is 0.620. The van der Waals surface area contributed by atoms with Crippen molar-refractivity contribution in [3.8, 4) is 0 Å². The minimum absolute atomic E-state index is 0.198. The average molecular weight is 240 g/mol. The zero-order valence-corrected chi connectivity index (χ0v) is 6.64. The van der Waals surface area contributed by atoms with Crippen LogP contribution in [0, 0.1) is 0 Å². The summed E-state index contributed by atoms with van der Waals surface area (Å²) in [7, 11) is 0. The molecule has 5 heteroatoms. The summed E-state index contributed by atoms with van der Waals surface area (Å²) in [5.41, 5.74) is -0.198. The molecule has 0 atom stereocenters. The molecule has 1 aromatic heterocycles. The summed E-state index contributed by atoms with van der Waals surface area (Å²) >= 11 is 1.97. The van der Waals surface area contributed by atoms with Crippen LogP contribution < -0.4 is 9.09 Å². The third-order valence-corrected chi connectivity index (χ3v) is 1.20. The predicted molar refractivity (Wildman–Crippen MR) is 40.2 cm³/mol. The van der Waals surface area contributed by atoms with Gasteiger partial charge in [-0.05, 0) is 0 Å². The van der Waals surface area contributed by atoms with Gasteiger partial charge in [-0.25, -0.2) is 0 Å². The Morgan fingerprint density at radius 1 is 1.89 bits per heavy atom. The van der Waals surface area contributed by atoms with Crippen LogP contribution in [0.1, 0.15) is 5.76 Å². The van der Waals surface area contributed by atoms with Crippen molar-refractivity contribution in [3.63, 3.8) is 0 Å². The van der Waals surface area contributed by atoms with E-state index in [1.54, 1.807) is 0 Å². The monoisotopic (exact) mass is 240 g/mol. The van der Waals surface area contributed by atoms with E-state index in [2.05, 4.69) is 8.69 Å². The van der Waals surface area contributed by atoms with Crippen LogP contribution in [-0.4, -0.2) is 5.16 Å². The second-order valence-corrected chi connectivity index (χ2v) is 2.25. The first-order valence-corrected chi connectivity index (χ1v) is 3.41. The molecule has 0 spiro atoms. The van der Waals surface area contributed by atoms with Crippen LogP contribution in [0.2, 0.25) is 0 Å². The maximum atomic E-state index is 10.4. The van der Waals surface area contributed by atoms with Crippen molar-refractivity contribution < 1.29 is 4.52 Å². The molecule has 0 unspecified atom stereocenters. The van der Waals surface area contributed by atoms with E-state index >= 15 is 0 Å². The van der Waals surface area contributed by atoms with Gasteiger partial charge in [-0.3, -0.25) is 8.32 Å². The lowest BCUT2D eigenvalue weighted by Gasteiger charge is -1.85. The van der Waals surface area contributed by atoms with Crippen molar-refractivity contribution in [2.45, 2.75) is 6.54 Å². The molecule has 1 aromatic rings. The molecule has 4 nitrogen and oxygen atoms in total. The Labute approximate surface area is 65.1 Å². The zero-order chi connectivity index (χ0) is 6.69. The number of rotatable bonds is 2. The summed E-state index contributed by atoms with van der Waals surface area (Å²) in [6, 6.07) is 1.41. The van der Waals surface area contributed by atoms with Crippen molar-refractivity contribution in [1.82, 2.24) is 8.69 Å². The summed E-state index contributed by atoms with van der Waals surface area (Å²) in [6.07, 6.45) is 0. The number of H-pyrrole nitrogens is 1. The molecular formula is C4H5IN2O2. The number of aromatic nitrogens is 1. The van der Waals surface area contributed by atoms with E-state index in [0.717, 1.165) is 0 Å². The molecule has 0 aromatic carbocycles. The van der Waals surface area contributed by atoms with E-state index in [-0.39, 0.29) is 5.56 Å². The first-order valence-electron chi connectivity index (χ1n) is 2.34. The van der Waals surface area contributed by atoms with Gasteiger partial charge < -0.3 is 4.52 Å². The highest BCUT2D eigenvalue weighted by atomic mass is 127. The molecule has 2 N–H and O–H groups in total. The molecule has 0 aliphatic heterocycles. The van der Waals surface area contributed by atoms with Crippen molar-refractivity contribution in [2.75, 3.05) is 0 Å². The molecule has 0 aliphatic carbocycles. The largest absolute Gasteiger partial charge is 0.382 e. The second-order valence-electron chi connectivity index (χ2n) is 1.49. The number of hydrogen-bond acceptors (Lipinski definition) is 3. The van der Waals surface area contributed by atoms with E-state index in [1.165, 1.54) is 6.07 Å². The Kier molecular flexibility index (Phi) is 2.29. The highest BCUT2D eigenvalue weighted by Crippen LogP contribution is 1.91. The van der Waals surface area contributed by atoms with Gasteiger partial charge in [0.25, 0.3) is 5.56 Å². The third-order valence-electron chi connectivity index (χ3n) is 0.816. The average Bonchev–Trinajstić information content (AvgIpc) is 2.17. The van der Waals surface area contributed by atoms with E-state index in [0.29, 0.717) is 12.3 Å².